The number of carbonyl (C=O) groups is 8. The van der Waals surface area contributed by atoms with Crippen molar-refractivity contribution in [2.45, 2.75) is 60.7 Å². The minimum absolute atomic E-state index is 0.0716. The molecule has 4 saturated carbocycles. The number of carboxylic acids is 4. The molecule has 0 aromatic rings. The van der Waals surface area contributed by atoms with E-state index in [1.165, 1.54) is 0 Å². The Labute approximate surface area is 236 Å². The summed E-state index contributed by atoms with van der Waals surface area (Å²) in [7, 11) is 0. The molecule has 0 unspecified atom stereocenters. The van der Waals surface area contributed by atoms with Gasteiger partial charge in [0, 0.05) is 69.5 Å². The first-order chi connectivity index (χ1) is 19.5. The predicted molar refractivity (Wildman–Crippen MR) is 133 cm³/mol. The first-order valence-electron chi connectivity index (χ1n) is 11.8. The first-order valence-corrected chi connectivity index (χ1v) is 11.8. The molecule has 0 radical (unpaired) electrons. The minimum atomic E-state index is -1.60. The van der Waals surface area contributed by atoms with Crippen molar-refractivity contribution < 1.29 is 58.8 Å². The van der Waals surface area contributed by atoms with Crippen molar-refractivity contribution in [3.63, 3.8) is 0 Å². The summed E-state index contributed by atoms with van der Waals surface area (Å²) in [5.41, 5.74) is -5.64. The van der Waals surface area contributed by atoms with Crippen molar-refractivity contribution in [1.82, 2.24) is 21.3 Å². The van der Waals surface area contributed by atoms with Crippen LogP contribution in [0.15, 0.2) is 0 Å². The van der Waals surface area contributed by atoms with E-state index in [1.54, 1.807) is 23.7 Å². The summed E-state index contributed by atoms with van der Waals surface area (Å²) in [5, 5.41) is 45.7. The van der Waals surface area contributed by atoms with Crippen LogP contribution in [0.25, 0.3) is 0 Å². The molecule has 0 aromatic carbocycles. The van der Waals surface area contributed by atoms with Gasteiger partial charge in [0.15, 0.2) is 0 Å². The fraction of sp³-hybridized carbons (Fsp3) is 0.385. The fourth-order valence-electron chi connectivity index (χ4n) is 6.70. The monoisotopic (exact) mass is 580 g/mol. The third-order valence-electron chi connectivity index (χ3n) is 6.71. The molecule has 16 heteroatoms. The van der Waals surface area contributed by atoms with Crippen LogP contribution in [0.5, 0.6) is 0 Å². The second-order valence-electron chi connectivity index (χ2n) is 10.2. The lowest BCUT2D eigenvalue weighted by Crippen LogP contribution is -2.83. The van der Waals surface area contributed by atoms with E-state index in [2.05, 4.69) is 21.3 Å². The summed E-state index contributed by atoms with van der Waals surface area (Å²) in [4.78, 5) is 94.1. The first kappa shape index (κ1) is 30.5. The molecule has 4 rings (SSSR count). The summed E-state index contributed by atoms with van der Waals surface area (Å²) in [6.45, 7) is 0. The van der Waals surface area contributed by atoms with Crippen molar-refractivity contribution in [3.05, 3.63) is 0 Å². The van der Waals surface area contributed by atoms with Gasteiger partial charge in [0.1, 0.15) is 0 Å². The van der Waals surface area contributed by atoms with Crippen molar-refractivity contribution in [2.75, 3.05) is 0 Å². The zero-order chi connectivity index (χ0) is 31.3. The fourth-order valence-corrected chi connectivity index (χ4v) is 6.70. The quantitative estimate of drug-likeness (QED) is 0.149. The van der Waals surface area contributed by atoms with Crippen LogP contribution in [0.3, 0.4) is 0 Å². The van der Waals surface area contributed by atoms with E-state index in [0.717, 1.165) is 0 Å². The lowest BCUT2D eigenvalue weighted by atomic mass is 9.44. The predicted octanol–water partition coefficient (Wildman–Crippen LogP) is -3.86. The zero-order valence-corrected chi connectivity index (χ0v) is 21.3. The molecule has 216 valence electrons. The molecule has 0 heterocycles. The topological polar surface area (TPSA) is 266 Å². The highest BCUT2D eigenvalue weighted by Gasteiger charge is 2.70. The van der Waals surface area contributed by atoms with Crippen LogP contribution in [0, 0.1) is 47.4 Å². The molecule has 16 nitrogen and oxygen atoms in total. The molecule has 8 N–H and O–H groups in total. The second-order valence-corrected chi connectivity index (χ2v) is 10.2. The number of aliphatic carboxylic acids is 4. The molecule has 0 aliphatic heterocycles. The van der Waals surface area contributed by atoms with E-state index in [0.29, 0.717) is 0 Å². The van der Waals surface area contributed by atoms with Gasteiger partial charge in [-0.25, -0.2) is 19.2 Å². The molecule has 0 aromatic heterocycles. The molecule has 0 saturated heterocycles. The van der Waals surface area contributed by atoms with Crippen LogP contribution in [0.4, 0.5) is 0 Å². The number of rotatable bonds is 4. The van der Waals surface area contributed by atoms with E-state index in [-0.39, 0.29) is 38.5 Å². The zero-order valence-electron chi connectivity index (χ0n) is 21.3. The summed E-state index contributed by atoms with van der Waals surface area (Å²) in [6.07, 6.45) is -0.430. The van der Waals surface area contributed by atoms with E-state index in [4.69, 9.17) is 20.4 Å². The van der Waals surface area contributed by atoms with E-state index >= 15 is 0 Å². The van der Waals surface area contributed by atoms with Gasteiger partial charge >= 0.3 is 23.9 Å². The smallest absolute Gasteiger partial charge is 0.382 e. The highest BCUT2D eigenvalue weighted by molar-refractivity contribution is 6.03. The van der Waals surface area contributed by atoms with E-state index in [9.17, 15) is 38.4 Å². The standard InChI is InChI=1S/C26H20N4O12/c31-15(1-5-19(35)36)27-23-9-24(28-16(32)2-6-20(37)38)12-25(10-23,29-17(33)3-7-21(39)40)14-26(11-23,13-24)30-18(34)4-8-22(41)42/h9-14H2,(H,27,31)(H,28,32)(H,29,33)(H,30,34)(H,35,36)(H,37,38)(H,39,40)(H,41,42). The van der Waals surface area contributed by atoms with Gasteiger partial charge in [0.05, 0.1) is 0 Å². The second kappa shape index (κ2) is 11.2. The highest BCUT2D eigenvalue weighted by atomic mass is 16.4. The van der Waals surface area contributed by atoms with Crippen LogP contribution in [0.2, 0.25) is 0 Å². The van der Waals surface area contributed by atoms with Crippen LogP contribution in [0.1, 0.15) is 38.5 Å². The summed E-state index contributed by atoms with van der Waals surface area (Å²) in [6, 6.07) is 0. The lowest BCUT2D eigenvalue weighted by molar-refractivity contribution is -0.143. The van der Waals surface area contributed by atoms with Gasteiger partial charge in [0.25, 0.3) is 23.6 Å². The molecular weight excluding hydrogens is 560 g/mol. The molecule has 0 atom stereocenters. The average Bonchev–Trinajstić information content (AvgIpc) is 2.81. The lowest BCUT2D eigenvalue weighted by Gasteiger charge is -2.69. The van der Waals surface area contributed by atoms with Gasteiger partial charge in [-0.1, -0.05) is 0 Å². The maximum Gasteiger partial charge on any atom is 0.382 e. The average molecular weight is 580 g/mol. The largest absolute Gasteiger partial charge is 0.472 e. The summed E-state index contributed by atoms with van der Waals surface area (Å²) < 4.78 is 0. The Morgan fingerprint density at radius 2 is 0.524 bits per heavy atom. The Morgan fingerprint density at radius 1 is 0.357 bits per heavy atom. The highest BCUT2D eigenvalue weighted by Crippen LogP contribution is 2.61. The van der Waals surface area contributed by atoms with Gasteiger partial charge in [-0.2, -0.15) is 0 Å². The Balaban J connectivity index is 2.15. The molecular formula is C26H20N4O12. The normalized spacial score (nSPS) is 27.2. The molecule has 4 aliphatic rings. The number of nitrogens with one attached hydrogen (secondary N) is 4. The SMILES string of the molecule is O=C(O)C#CC(=O)NC12CC3(NC(=O)C#CC(=O)O)CC(NC(=O)C#CC(=O)O)(C1)CC(NC(=O)C#CC(=O)O)(C2)C3. The van der Waals surface area contributed by atoms with Crippen LogP contribution in [-0.2, 0) is 38.4 Å². The molecule has 0 spiro atoms. The van der Waals surface area contributed by atoms with Crippen molar-refractivity contribution in [1.29, 1.82) is 0 Å². The Morgan fingerprint density at radius 3 is 0.667 bits per heavy atom. The van der Waals surface area contributed by atoms with Gasteiger partial charge in [-0.3, -0.25) is 19.2 Å². The van der Waals surface area contributed by atoms with Crippen LogP contribution >= 0.6 is 0 Å². The summed E-state index contributed by atoms with van der Waals surface area (Å²) >= 11 is 0. The number of hydrogen-bond acceptors (Lipinski definition) is 8. The molecule has 4 amide bonds. The van der Waals surface area contributed by atoms with Gasteiger partial charge in [-0.15, -0.1) is 0 Å². The number of carboxylic acid groups (broad SMARTS) is 4. The minimum Gasteiger partial charge on any atom is -0.472 e. The Hall–Kier alpha value is -6.00. The Kier molecular flexibility index (Phi) is 8.17. The van der Waals surface area contributed by atoms with E-state index < -0.39 is 69.7 Å². The summed E-state index contributed by atoms with van der Waals surface area (Å²) in [5.74, 6) is 3.60. The van der Waals surface area contributed by atoms with Crippen molar-refractivity contribution in [2.24, 2.45) is 0 Å². The maximum atomic E-state index is 12.7. The van der Waals surface area contributed by atoms with Crippen molar-refractivity contribution >= 4 is 47.5 Å². The van der Waals surface area contributed by atoms with Gasteiger partial charge < -0.3 is 41.7 Å². The van der Waals surface area contributed by atoms with Crippen LogP contribution < -0.4 is 21.3 Å². The third-order valence-corrected chi connectivity index (χ3v) is 6.71. The van der Waals surface area contributed by atoms with Crippen LogP contribution in [-0.4, -0.2) is 90.1 Å². The van der Waals surface area contributed by atoms with Gasteiger partial charge in [-0.05, 0) is 38.5 Å². The molecule has 4 bridgehead atoms. The Bertz CT molecular complexity index is 1310. The van der Waals surface area contributed by atoms with Crippen molar-refractivity contribution in [3.8, 4) is 47.4 Å². The van der Waals surface area contributed by atoms with Gasteiger partial charge in [0.2, 0.25) is 0 Å². The number of amides is 4. The molecule has 42 heavy (non-hydrogen) atoms. The number of hydrogen-bond donors (Lipinski definition) is 8. The molecule has 4 aliphatic carbocycles. The third kappa shape index (κ3) is 7.56. The number of carbonyl (C=O) groups excluding carboxylic acids is 4. The maximum absolute atomic E-state index is 12.7. The van der Waals surface area contributed by atoms with E-state index in [1.807, 2.05) is 23.7 Å². The molecule has 4 fully saturated rings.